The summed E-state index contributed by atoms with van der Waals surface area (Å²) in [5.41, 5.74) is 6.65. The van der Waals surface area contributed by atoms with Gasteiger partial charge in [-0.3, -0.25) is 0 Å². The number of hydrogen-bond acceptors (Lipinski definition) is 4. The number of phenols is 1. The Kier molecular flexibility index (Phi) is 3.92. The molecular weight excluding hydrogens is 250 g/mol. The van der Waals surface area contributed by atoms with Crippen molar-refractivity contribution in [2.45, 2.75) is 18.8 Å². The van der Waals surface area contributed by atoms with Crippen molar-refractivity contribution in [3.63, 3.8) is 0 Å². The molecule has 100 valence electrons. The van der Waals surface area contributed by atoms with Crippen LogP contribution in [-0.2, 0) is 9.84 Å². The standard InChI is InChI=1S/C13H19NO3S/c14-9-12(11-3-1-2-4-13(11)15)10-5-7-18(16,17)8-6-10/h1-4,10,12,15H,5-9,14H2. The molecule has 0 radical (unpaired) electrons. The molecule has 1 unspecified atom stereocenters. The van der Waals surface area contributed by atoms with Gasteiger partial charge in [0.05, 0.1) is 11.5 Å². The molecule has 1 aromatic carbocycles. The minimum Gasteiger partial charge on any atom is -0.508 e. The maximum absolute atomic E-state index is 11.4. The highest BCUT2D eigenvalue weighted by molar-refractivity contribution is 7.91. The summed E-state index contributed by atoms with van der Waals surface area (Å²) in [5.74, 6) is 1.01. The highest BCUT2D eigenvalue weighted by Crippen LogP contribution is 2.36. The van der Waals surface area contributed by atoms with Gasteiger partial charge in [0.1, 0.15) is 15.6 Å². The first-order valence-electron chi connectivity index (χ1n) is 6.22. The number of benzene rings is 1. The predicted octanol–water partition coefficient (Wildman–Crippen LogP) is 1.26. The summed E-state index contributed by atoms with van der Waals surface area (Å²) in [7, 11) is -2.85. The van der Waals surface area contributed by atoms with E-state index in [1.54, 1.807) is 12.1 Å². The number of aromatic hydroxyl groups is 1. The van der Waals surface area contributed by atoms with Crippen molar-refractivity contribution < 1.29 is 13.5 Å². The minimum absolute atomic E-state index is 0.0432. The fourth-order valence-corrected chi connectivity index (χ4v) is 4.21. The average Bonchev–Trinajstić information content (AvgIpc) is 2.34. The van der Waals surface area contributed by atoms with E-state index in [2.05, 4.69) is 0 Å². The van der Waals surface area contributed by atoms with Gasteiger partial charge < -0.3 is 10.8 Å². The van der Waals surface area contributed by atoms with Crippen LogP contribution in [0.25, 0.3) is 0 Å². The van der Waals surface area contributed by atoms with E-state index in [1.807, 2.05) is 12.1 Å². The van der Waals surface area contributed by atoms with Crippen molar-refractivity contribution in [3.8, 4) is 5.75 Å². The third-order valence-corrected chi connectivity index (χ3v) is 5.47. The maximum Gasteiger partial charge on any atom is 0.150 e. The van der Waals surface area contributed by atoms with E-state index in [0.717, 1.165) is 5.56 Å². The zero-order chi connectivity index (χ0) is 13.2. The van der Waals surface area contributed by atoms with E-state index in [0.29, 0.717) is 19.4 Å². The molecule has 1 fully saturated rings. The number of rotatable bonds is 3. The van der Waals surface area contributed by atoms with Crippen molar-refractivity contribution in [1.29, 1.82) is 0 Å². The summed E-state index contributed by atoms with van der Waals surface area (Å²) >= 11 is 0. The van der Waals surface area contributed by atoms with Gasteiger partial charge in [0.15, 0.2) is 0 Å². The second-order valence-corrected chi connectivity index (χ2v) is 7.19. The van der Waals surface area contributed by atoms with Crippen LogP contribution in [-0.4, -0.2) is 31.6 Å². The van der Waals surface area contributed by atoms with Gasteiger partial charge in [0.25, 0.3) is 0 Å². The summed E-state index contributed by atoms with van der Waals surface area (Å²) in [6, 6.07) is 7.17. The number of nitrogens with two attached hydrogens (primary N) is 1. The van der Waals surface area contributed by atoms with Crippen LogP contribution in [0.1, 0.15) is 24.3 Å². The fourth-order valence-electron chi connectivity index (χ4n) is 2.69. The Morgan fingerprint density at radius 1 is 1.28 bits per heavy atom. The van der Waals surface area contributed by atoms with E-state index in [9.17, 15) is 13.5 Å². The van der Waals surface area contributed by atoms with Crippen LogP contribution in [0, 0.1) is 5.92 Å². The maximum atomic E-state index is 11.4. The van der Waals surface area contributed by atoms with E-state index < -0.39 is 9.84 Å². The quantitative estimate of drug-likeness (QED) is 0.865. The van der Waals surface area contributed by atoms with E-state index >= 15 is 0 Å². The smallest absolute Gasteiger partial charge is 0.150 e. The molecule has 0 aromatic heterocycles. The summed E-state index contributed by atoms with van der Waals surface area (Å²) < 4.78 is 22.9. The van der Waals surface area contributed by atoms with Gasteiger partial charge in [-0.1, -0.05) is 18.2 Å². The molecule has 1 atom stereocenters. The Bertz CT molecular complexity index is 499. The first-order valence-corrected chi connectivity index (χ1v) is 8.04. The molecule has 1 saturated heterocycles. The predicted molar refractivity (Wildman–Crippen MR) is 71.3 cm³/mol. The second kappa shape index (κ2) is 5.28. The monoisotopic (exact) mass is 269 g/mol. The molecule has 1 aliphatic heterocycles. The Balaban J connectivity index is 2.18. The molecule has 1 aromatic rings. The molecule has 1 aliphatic rings. The molecule has 1 heterocycles. The molecule has 18 heavy (non-hydrogen) atoms. The van der Waals surface area contributed by atoms with E-state index in [4.69, 9.17) is 5.73 Å². The minimum atomic E-state index is -2.85. The van der Waals surface area contributed by atoms with Gasteiger partial charge in [0.2, 0.25) is 0 Å². The van der Waals surface area contributed by atoms with Crippen molar-refractivity contribution in [1.82, 2.24) is 0 Å². The summed E-state index contributed by atoms with van der Waals surface area (Å²) in [5, 5.41) is 9.87. The van der Waals surface area contributed by atoms with Gasteiger partial charge in [-0.05, 0) is 36.9 Å². The van der Waals surface area contributed by atoms with E-state index in [1.165, 1.54) is 0 Å². The number of para-hydroxylation sites is 1. The van der Waals surface area contributed by atoms with Gasteiger partial charge >= 0.3 is 0 Å². The Labute approximate surface area is 108 Å². The average molecular weight is 269 g/mol. The van der Waals surface area contributed by atoms with Crippen LogP contribution in [0.4, 0.5) is 0 Å². The molecule has 0 spiro atoms. The number of sulfone groups is 1. The van der Waals surface area contributed by atoms with Crippen molar-refractivity contribution in [3.05, 3.63) is 29.8 Å². The molecule has 5 heteroatoms. The van der Waals surface area contributed by atoms with Crippen LogP contribution in [0.2, 0.25) is 0 Å². The topological polar surface area (TPSA) is 80.4 Å². The van der Waals surface area contributed by atoms with Gasteiger partial charge in [-0.15, -0.1) is 0 Å². The lowest BCUT2D eigenvalue weighted by molar-refractivity contribution is 0.374. The largest absolute Gasteiger partial charge is 0.508 e. The van der Waals surface area contributed by atoms with Crippen molar-refractivity contribution in [2.24, 2.45) is 11.7 Å². The Hall–Kier alpha value is -1.07. The van der Waals surface area contributed by atoms with Gasteiger partial charge in [0, 0.05) is 5.92 Å². The third-order valence-electron chi connectivity index (χ3n) is 3.76. The lowest BCUT2D eigenvalue weighted by atomic mass is 9.82. The molecule has 0 amide bonds. The molecule has 4 nitrogen and oxygen atoms in total. The molecule has 0 saturated carbocycles. The van der Waals surface area contributed by atoms with Crippen LogP contribution in [0.5, 0.6) is 5.75 Å². The lowest BCUT2D eigenvalue weighted by Crippen LogP contribution is -2.30. The highest BCUT2D eigenvalue weighted by Gasteiger charge is 2.30. The van der Waals surface area contributed by atoms with Gasteiger partial charge in [-0.25, -0.2) is 8.42 Å². The molecule has 0 aliphatic carbocycles. The summed E-state index contributed by atoms with van der Waals surface area (Å²) in [6.07, 6.45) is 1.27. The van der Waals surface area contributed by atoms with Crippen molar-refractivity contribution >= 4 is 9.84 Å². The third kappa shape index (κ3) is 2.84. The summed E-state index contributed by atoms with van der Waals surface area (Å²) in [4.78, 5) is 0. The normalized spacial score (nSPS) is 21.6. The fraction of sp³-hybridized carbons (Fsp3) is 0.538. The number of hydrogen-bond donors (Lipinski definition) is 2. The number of phenolic OH excluding ortho intramolecular Hbond substituents is 1. The lowest BCUT2D eigenvalue weighted by Gasteiger charge is -2.30. The zero-order valence-electron chi connectivity index (χ0n) is 10.2. The molecule has 3 N–H and O–H groups in total. The molecular formula is C13H19NO3S. The van der Waals surface area contributed by atoms with Crippen molar-refractivity contribution in [2.75, 3.05) is 18.1 Å². The summed E-state index contributed by atoms with van der Waals surface area (Å²) in [6.45, 7) is 0.433. The highest BCUT2D eigenvalue weighted by atomic mass is 32.2. The SMILES string of the molecule is NCC(c1ccccc1O)C1CCS(=O)(=O)CC1. The van der Waals surface area contributed by atoms with E-state index in [-0.39, 0.29) is 29.1 Å². The second-order valence-electron chi connectivity index (χ2n) is 4.89. The van der Waals surface area contributed by atoms with Crippen LogP contribution in [0.15, 0.2) is 24.3 Å². The Morgan fingerprint density at radius 2 is 1.89 bits per heavy atom. The first kappa shape index (κ1) is 13.4. The van der Waals surface area contributed by atoms with Crippen LogP contribution in [0.3, 0.4) is 0 Å². The first-order chi connectivity index (χ1) is 8.53. The Morgan fingerprint density at radius 3 is 2.44 bits per heavy atom. The van der Waals surface area contributed by atoms with Crippen LogP contribution >= 0.6 is 0 Å². The van der Waals surface area contributed by atoms with Gasteiger partial charge in [-0.2, -0.15) is 0 Å². The molecule has 0 bridgehead atoms. The molecule has 2 rings (SSSR count). The zero-order valence-corrected chi connectivity index (χ0v) is 11.1. The van der Waals surface area contributed by atoms with Crippen LogP contribution < -0.4 is 5.73 Å².